The maximum Gasteiger partial charge on any atom is 0.167 e. The normalized spacial score (nSPS) is 10.4. The van der Waals surface area contributed by atoms with Crippen LogP contribution in [0.3, 0.4) is 0 Å². The molecule has 3 heteroatoms. The number of aryl methyl sites for hydroxylation is 3. The summed E-state index contributed by atoms with van der Waals surface area (Å²) in [6.45, 7) is 3.94. The van der Waals surface area contributed by atoms with E-state index >= 15 is 0 Å². The van der Waals surface area contributed by atoms with Crippen molar-refractivity contribution in [1.29, 1.82) is 0 Å². The van der Waals surface area contributed by atoms with Gasteiger partial charge in [-0.05, 0) is 55.2 Å². The van der Waals surface area contributed by atoms with Gasteiger partial charge in [-0.25, -0.2) is 0 Å². The summed E-state index contributed by atoms with van der Waals surface area (Å²) in [4.78, 5) is 12.5. The van der Waals surface area contributed by atoms with E-state index in [2.05, 4.69) is 0 Å². The lowest BCUT2D eigenvalue weighted by Gasteiger charge is -2.12. The number of ether oxygens (including phenoxy) is 1. The molecule has 0 atom stereocenters. The second-order valence-corrected chi connectivity index (χ2v) is 5.33. The van der Waals surface area contributed by atoms with Gasteiger partial charge in [-0.15, -0.1) is 0 Å². The largest absolute Gasteiger partial charge is 0.496 e. The van der Waals surface area contributed by atoms with Gasteiger partial charge >= 0.3 is 0 Å². The molecule has 0 saturated heterocycles. The molecule has 110 valence electrons. The zero-order chi connectivity index (χ0) is 15.4. The second kappa shape index (κ2) is 6.44. The van der Waals surface area contributed by atoms with Crippen molar-refractivity contribution in [2.75, 3.05) is 12.8 Å². The fourth-order valence-electron chi connectivity index (χ4n) is 2.58. The van der Waals surface area contributed by atoms with Crippen molar-refractivity contribution in [3.8, 4) is 5.75 Å². The molecule has 0 aromatic heterocycles. The molecule has 0 aliphatic heterocycles. The molecule has 0 unspecified atom stereocenters. The van der Waals surface area contributed by atoms with Crippen LogP contribution in [0.15, 0.2) is 36.4 Å². The van der Waals surface area contributed by atoms with Gasteiger partial charge in [-0.2, -0.15) is 0 Å². The minimum atomic E-state index is 0.103. The highest BCUT2D eigenvalue weighted by atomic mass is 16.5. The van der Waals surface area contributed by atoms with Gasteiger partial charge in [0.15, 0.2) is 5.78 Å². The Kier molecular flexibility index (Phi) is 4.63. The van der Waals surface area contributed by atoms with Gasteiger partial charge in [0.05, 0.1) is 12.7 Å². The molecular formula is C18H21NO2. The van der Waals surface area contributed by atoms with Crippen molar-refractivity contribution in [2.24, 2.45) is 0 Å². The third kappa shape index (κ3) is 3.63. The number of methoxy groups -OCH3 is 1. The Balaban J connectivity index is 2.17. The molecule has 2 aromatic carbocycles. The van der Waals surface area contributed by atoms with E-state index in [9.17, 15) is 4.79 Å². The quantitative estimate of drug-likeness (QED) is 0.672. The van der Waals surface area contributed by atoms with Crippen LogP contribution in [-0.2, 0) is 6.42 Å². The molecule has 0 amide bonds. The fourth-order valence-corrected chi connectivity index (χ4v) is 2.58. The molecule has 0 radical (unpaired) electrons. The summed E-state index contributed by atoms with van der Waals surface area (Å²) in [6.07, 6.45) is 1.13. The van der Waals surface area contributed by atoms with Crippen LogP contribution in [0, 0.1) is 13.8 Å². The van der Waals surface area contributed by atoms with Crippen molar-refractivity contribution in [1.82, 2.24) is 0 Å². The number of nitrogens with two attached hydrogens (primary N) is 1. The molecule has 0 bridgehead atoms. The third-order valence-corrected chi connectivity index (χ3v) is 3.53. The number of ketones is 1. The number of nitrogen functional groups attached to an aromatic ring is 1. The van der Waals surface area contributed by atoms with E-state index in [1.165, 1.54) is 0 Å². The first-order chi connectivity index (χ1) is 10.0. The first-order valence-corrected chi connectivity index (χ1v) is 7.04. The fraction of sp³-hybridized carbons (Fsp3) is 0.278. The predicted octanol–water partition coefficient (Wildman–Crippen LogP) is 3.71. The summed E-state index contributed by atoms with van der Waals surface area (Å²) in [5, 5.41) is 0. The minimum absolute atomic E-state index is 0.103. The lowest BCUT2D eigenvalue weighted by Crippen LogP contribution is -2.07. The number of carbonyl (C=O) groups is 1. The van der Waals surface area contributed by atoms with Crippen LogP contribution in [-0.4, -0.2) is 12.9 Å². The molecule has 2 rings (SSSR count). The van der Waals surface area contributed by atoms with E-state index in [-0.39, 0.29) is 5.78 Å². The van der Waals surface area contributed by atoms with E-state index in [0.717, 1.165) is 22.4 Å². The van der Waals surface area contributed by atoms with Gasteiger partial charge in [0.1, 0.15) is 5.75 Å². The zero-order valence-electron chi connectivity index (χ0n) is 12.8. The van der Waals surface area contributed by atoms with Crippen molar-refractivity contribution in [3.63, 3.8) is 0 Å². The molecule has 21 heavy (non-hydrogen) atoms. The molecule has 0 fully saturated rings. The molecule has 2 aromatic rings. The van der Waals surface area contributed by atoms with Crippen molar-refractivity contribution in [2.45, 2.75) is 26.7 Å². The van der Waals surface area contributed by atoms with Crippen molar-refractivity contribution >= 4 is 11.5 Å². The number of hydrogen-bond donors (Lipinski definition) is 1. The molecule has 0 aliphatic carbocycles. The Morgan fingerprint density at radius 2 is 1.95 bits per heavy atom. The maximum atomic E-state index is 12.5. The summed E-state index contributed by atoms with van der Waals surface area (Å²) in [5.41, 5.74) is 10.3. The van der Waals surface area contributed by atoms with E-state index in [1.54, 1.807) is 7.11 Å². The van der Waals surface area contributed by atoms with Crippen LogP contribution in [0.25, 0.3) is 0 Å². The van der Waals surface area contributed by atoms with Gasteiger partial charge in [0, 0.05) is 12.1 Å². The Hall–Kier alpha value is -2.29. The number of rotatable bonds is 5. The highest BCUT2D eigenvalue weighted by molar-refractivity contribution is 6.00. The van der Waals surface area contributed by atoms with Crippen molar-refractivity contribution < 1.29 is 9.53 Å². The average molecular weight is 283 g/mol. The number of Topliss-reactive ketones (excluding diaryl/α,β-unsaturated/α-hetero) is 1. The van der Waals surface area contributed by atoms with Crippen LogP contribution in [0.4, 0.5) is 5.69 Å². The minimum Gasteiger partial charge on any atom is -0.496 e. The number of hydrogen-bond acceptors (Lipinski definition) is 3. The Labute approximate surface area is 125 Å². The standard InChI is InChI=1S/C18H21NO2/c1-12-9-13(2)18(17(10-12)21-3)16(20)8-7-14-5-4-6-15(19)11-14/h4-6,9-11H,7-8,19H2,1-3H3. The smallest absolute Gasteiger partial charge is 0.167 e. The highest BCUT2D eigenvalue weighted by Crippen LogP contribution is 2.26. The van der Waals surface area contributed by atoms with E-state index in [4.69, 9.17) is 10.5 Å². The molecule has 0 spiro atoms. The summed E-state index contributed by atoms with van der Waals surface area (Å²) in [7, 11) is 1.60. The van der Waals surface area contributed by atoms with Crippen molar-refractivity contribution in [3.05, 3.63) is 58.7 Å². The topological polar surface area (TPSA) is 52.3 Å². The highest BCUT2D eigenvalue weighted by Gasteiger charge is 2.15. The van der Waals surface area contributed by atoms with E-state index in [1.807, 2.05) is 50.2 Å². The molecule has 0 saturated carbocycles. The van der Waals surface area contributed by atoms with Crippen LogP contribution < -0.4 is 10.5 Å². The SMILES string of the molecule is COc1cc(C)cc(C)c1C(=O)CCc1cccc(N)c1. The Bertz CT molecular complexity index is 662. The number of benzene rings is 2. The molecule has 2 N–H and O–H groups in total. The van der Waals surface area contributed by atoms with Gasteiger partial charge in [0.25, 0.3) is 0 Å². The summed E-state index contributed by atoms with van der Waals surface area (Å²) < 4.78 is 5.36. The second-order valence-electron chi connectivity index (χ2n) is 5.33. The Morgan fingerprint density at radius 3 is 2.62 bits per heavy atom. The van der Waals surface area contributed by atoms with Crippen LogP contribution in [0.5, 0.6) is 5.75 Å². The molecule has 0 aliphatic rings. The molecule has 0 heterocycles. The molecular weight excluding hydrogens is 262 g/mol. The Morgan fingerprint density at radius 1 is 1.19 bits per heavy atom. The lowest BCUT2D eigenvalue weighted by molar-refractivity contribution is 0.0979. The van der Waals surface area contributed by atoms with Gasteiger partial charge in [-0.3, -0.25) is 4.79 Å². The average Bonchev–Trinajstić information content (AvgIpc) is 2.44. The third-order valence-electron chi connectivity index (χ3n) is 3.53. The van der Waals surface area contributed by atoms with E-state index < -0.39 is 0 Å². The summed E-state index contributed by atoms with van der Waals surface area (Å²) in [6, 6.07) is 11.6. The number of carbonyl (C=O) groups excluding carboxylic acids is 1. The summed E-state index contributed by atoms with van der Waals surface area (Å²) >= 11 is 0. The monoisotopic (exact) mass is 283 g/mol. The first-order valence-electron chi connectivity index (χ1n) is 7.04. The van der Waals surface area contributed by atoms with E-state index in [0.29, 0.717) is 24.2 Å². The first kappa shape index (κ1) is 15.1. The maximum absolute atomic E-state index is 12.5. The van der Waals surface area contributed by atoms with Crippen LogP contribution in [0.1, 0.15) is 33.5 Å². The number of anilines is 1. The van der Waals surface area contributed by atoms with Gasteiger partial charge in [-0.1, -0.05) is 18.2 Å². The van der Waals surface area contributed by atoms with Crippen LogP contribution >= 0.6 is 0 Å². The zero-order valence-corrected chi connectivity index (χ0v) is 12.8. The summed E-state index contributed by atoms with van der Waals surface area (Å²) in [5.74, 6) is 0.761. The van der Waals surface area contributed by atoms with Gasteiger partial charge in [0.2, 0.25) is 0 Å². The predicted molar refractivity (Wildman–Crippen MR) is 86.0 cm³/mol. The van der Waals surface area contributed by atoms with Crippen LogP contribution in [0.2, 0.25) is 0 Å². The van der Waals surface area contributed by atoms with Gasteiger partial charge < -0.3 is 10.5 Å². The lowest BCUT2D eigenvalue weighted by atomic mass is 9.96. The molecule has 3 nitrogen and oxygen atoms in total.